The fourth-order valence-corrected chi connectivity index (χ4v) is 1.99. The number of carbonyl (C=O) groups excluding carboxylic acids is 1. The Kier molecular flexibility index (Phi) is 2.64. The third-order valence-electron chi connectivity index (χ3n) is 2.87. The second-order valence-electron chi connectivity index (χ2n) is 3.91. The highest BCUT2D eigenvalue weighted by Crippen LogP contribution is 2.29. The molecular weight excluding hydrogens is 206 g/mol. The van der Waals surface area contributed by atoms with Crippen LogP contribution in [0.2, 0.25) is 0 Å². The third-order valence-corrected chi connectivity index (χ3v) is 2.87. The average molecular weight is 219 g/mol. The molecule has 0 radical (unpaired) electrons. The van der Waals surface area contributed by atoms with Gasteiger partial charge in [-0.2, -0.15) is 0 Å². The van der Waals surface area contributed by atoms with Gasteiger partial charge < -0.3 is 5.11 Å². The minimum absolute atomic E-state index is 0.117. The molecule has 0 fully saturated rings. The number of anilines is 1. The van der Waals surface area contributed by atoms with Gasteiger partial charge in [-0.1, -0.05) is 18.2 Å². The first-order valence-electron chi connectivity index (χ1n) is 5.24. The molecule has 0 saturated heterocycles. The van der Waals surface area contributed by atoms with Gasteiger partial charge in [0.25, 0.3) is 0 Å². The van der Waals surface area contributed by atoms with E-state index < -0.39 is 12.0 Å². The highest BCUT2D eigenvalue weighted by molar-refractivity contribution is 6.01. The van der Waals surface area contributed by atoms with Crippen molar-refractivity contribution < 1.29 is 14.7 Å². The molecule has 0 spiro atoms. The summed E-state index contributed by atoms with van der Waals surface area (Å²) in [4.78, 5) is 24.1. The van der Waals surface area contributed by atoms with Gasteiger partial charge in [0, 0.05) is 12.1 Å². The molecule has 1 aromatic carbocycles. The van der Waals surface area contributed by atoms with Crippen molar-refractivity contribution >= 4 is 17.6 Å². The SMILES string of the molecule is CC(C(=O)O)N1C(=O)CCc2ccccc21. The molecule has 0 aliphatic carbocycles. The number of carboxylic acids is 1. The molecule has 4 heteroatoms. The van der Waals surface area contributed by atoms with Crippen LogP contribution in [0.1, 0.15) is 18.9 Å². The number of aryl methyl sites for hydroxylation is 1. The zero-order valence-corrected chi connectivity index (χ0v) is 9.01. The van der Waals surface area contributed by atoms with Gasteiger partial charge in [-0.3, -0.25) is 9.69 Å². The molecule has 1 atom stereocenters. The van der Waals surface area contributed by atoms with Crippen LogP contribution in [0.3, 0.4) is 0 Å². The summed E-state index contributed by atoms with van der Waals surface area (Å²) in [5, 5.41) is 8.98. The maximum absolute atomic E-state index is 11.8. The van der Waals surface area contributed by atoms with Crippen LogP contribution in [-0.4, -0.2) is 23.0 Å². The Hall–Kier alpha value is -1.84. The number of rotatable bonds is 2. The fraction of sp³-hybridized carbons (Fsp3) is 0.333. The maximum Gasteiger partial charge on any atom is 0.326 e. The highest BCUT2D eigenvalue weighted by atomic mass is 16.4. The predicted octanol–water partition coefficient (Wildman–Crippen LogP) is 1.44. The molecule has 0 bridgehead atoms. The fourth-order valence-electron chi connectivity index (χ4n) is 1.99. The van der Waals surface area contributed by atoms with Crippen LogP contribution in [0, 0.1) is 0 Å². The largest absolute Gasteiger partial charge is 0.480 e. The van der Waals surface area contributed by atoms with Crippen molar-refractivity contribution in [2.75, 3.05) is 4.90 Å². The molecule has 4 nitrogen and oxygen atoms in total. The molecule has 2 rings (SSSR count). The third kappa shape index (κ3) is 1.66. The van der Waals surface area contributed by atoms with E-state index in [4.69, 9.17) is 5.11 Å². The Labute approximate surface area is 93.5 Å². The van der Waals surface area contributed by atoms with Crippen LogP contribution in [-0.2, 0) is 16.0 Å². The smallest absolute Gasteiger partial charge is 0.326 e. The number of aliphatic carboxylic acids is 1. The van der Waals surface area contributed by atoms with Crippen LogP contribution in [0.4, 0.5) is 5.69 Å². The highest BCUT2D eigenvalue weighted by Gasteiger charge is 2.31. The first-order chi connectivity index (χ1) is 7.61. The summed E-state index contributed by atoms with van der Waals surface area (Å²) in [6, 6.07) is 6.64. The zero-order valence-electron chi connectivity index (χ0n) is 9.01. The van der Waals surface area contributed by atoms with Gasteiger partial charge in [0.2, 0.25) is 5.91 Å². The number of hydrogen-bond acceptors (Lipinski definition) is 2. The summed E-state index contributed by atoms with van der Waals surface area (Å²) in [6.45, 7) is 1.53. The Morgan fingerprint density at radius 2 is 2.06 bits per heavy atom. The molecule has 84 valence electrons. The summed E-state index contributed by atoms with van der Waals surface area (Å²) >= 11 is 0. The first kappa shape index (κ1) is 10.7. The number of fused-ring (bicyclic) bond motifs is 1. The number of amides is 1. The lowest BCUT2D eigenvalue weighted by molar-refractivity contribution is -0.139. The van der Waals surface area contributed by atoms with Crippen molar-refractivity contribution in [3.63, 3.8) is 0 Å². The summed E-state index contributed by atoms with van der Waals surface area (Å²) in [5.74, 6) is -1.10. The van der Waals surface area contributed by atoms with Crippen molar-refractivity contribution in [1.29, 1.82) is 0 Å². The van der Waals surface area contributed by atoms with Crippen molar-refractivity contribution in [2.45, 2.75) is 25.8 Å². The van der Waals surface area contributed by atoms with E-state index in [2.05, 4.69) is 0 Å². The van der Waals surface area contributed by atoms with Gasteiger partial charge in [-0.25, -0.2) is 4.79 Å². The lowest BCUT2D eigenvalue weighted by Crippen LogP contribution is -2.45. The molecule has 0 saturated carbocycles. The van der Waals surface area contributed by atoms with Gasteiger partial charge in [0.15, 0.2) is 0 Å². The predicted molar refractivity (Wildman–Crippen MR) is 59.3 cm³/mol. The van der Waals surface area contributed by atoms with Crippen molar-refractivity contribution in [3.05, 3.63) is 29.8 Å². The lowest BCUT2D eigenvalue weighted by Gasteiger charge is -2.32. The Bertz CT molecular complexity index is 442. The molecule has 1 aromatic rings. The first-order valence-corrected chi connectivity index (χ1v) is 5.24. The van der Waals surface area contributed by atoms with E-state index in [1.165, 1.54) is 11.8 Å². The number of carbonyl (C=O) groups is 2. The van der Waals surface area contributed by atoms with Crippen molar-refractivity contribution in [1.82, 2.24) is 0 Å². The standard InChI is InChI=1S/C12H13NO3/c1-8(12(15)16)13-10-5-3-2-4-9(10)6-7-11(13)14/h2-5,8H,6-7H2,1H3,(H,15,16). The monoisotopic (exact) mass is 219 g/mol. The summed E-state index contributed by atoms with van der Waals surface area (Å²) in [7, 11) is 0. The van der Waals surface area contributed by atoms with Gasteiger partial charge >= 0.3 is 5.97 Å². The summed E-state index contributed by atoms with van der Waals surface area (Å²) in [5.41, 5.74) is 1.77. The van der Waals surface area contributed by atoms with Crippen LogP contribution in [0.25, 0.3) is 0 Å². The van der Waals surface area contributed by atoms with E-state index >= 15 is 0 Å². The number of carboxylic acid groups (broad SMARTS) is 1. The van der Waals surface area contributed by atoms with E-state index in [1.807, 2.05) is 18.2 Å². The van der Waals surface area contributed by atoms with Crippen LogP contribution in [0.15, 0.2) is 24.3 Å². The normalized spacial score (nSPS) is 16.8. The van der Waals surface area contributed by atoms with E-state index in [-0.39, 0.29) is 5.91 Å². The molecule has 1 aliphatic heterocycles. The molecule has 1 amide bonds. The van der Waals surface area contributed by atoms with Gasteiger partial charge in [-0.15, -0.1) is 0 Å². The van der Waals surface area contributed by atoms with Gasteiger partial charge in [0.1, 0.15) is 6.04 Å². The average Bonchev–Trinajstić information content (AvgIpc) is 2.28. The van der Waals surface area contributed by atoms with Crippen molar-refractivity contribution in [3.8, 4) is 0 Å². The topological polar surface area (TPSA) is 57.6 Å². The summed E-state index contributed by atoms with van der Waals surface area (Å²) in [6.07, 6.45) is 1.08. The quantitative estimate of drug-likeness (QED) is 0.818. The molecule has 1 heterocycles. The zero-order chi connectivity index (χ0) is 11.7. The Morgan fingerprint density at radius 1 is 1.38 bits per heavy atom. The number of nitrogens with zero attached hydrogens (tertiary/aromatic N) is 1. The number of hydrogen-bond donors (Lipinski definition) is 1. The second-order valence-corrected chi connectivity index (χ2v) is 3.91. The van der Waals surface area contributed by atoms with E-state index in [1.54, 1.807) is 6.07 Å². The van der Waals surface area contributed by atoms with Crippen LogP contribution < -0.4 is 4.90 Å². The van der Waals surface area contributed by atoms with E-state index in [0.717, 1.165) is 11.3 Å². The van der Waals surface area contributed by atoms with Crippen molar-refractivity contribution in [2.24, 2.45) is 0 Å². The minimum atomic E-state index is -0.981. The number of para-hydroxylation sites is 1. The summed E-state index contributed by atoms with van der Waals surface area (Å²) < 4.78 is 0. The van der Waals surface area contributed by atoms with E-state index in [9.17, 15) is 9.59 Å². The van der Waals surface area contributed by atoms with E-state index in [0.29, 0.717) is 12.8 Å². The lowest BCUT2D eigenvalue weighted by atomic mass is 10.00. The maximum atomic E-state index is 11.8. The molecule has 16 heavy (non-hydrogen) atoms. The molecule has 1 aliphatic rings. The molecule has 1 unspecified atom stereocenters. The second kappa shape index (κ2) is 3.96. The van der Waals surface area contributed by atoms with Gasteiger partial charge in [0.05, 0.1) is 0 Å². The Balaban J connectivity index is 2.44. The number of benzene rings is 1. The van der Waals surface area contributed by atoms with Crippen LogP contribution >= 0.6 is 0 Å². The molecule has 0 aromatic heterocycles. The van der Waals surface area contributed by atoms with Crippen LogP contribution in [0.5, 0.6) is 0 Å². The van der Waals surface area contributed by atoms with Gasteiger partial charge in [-0.05, 0) is 25.0 Å². The minimum Gasteiger partial charge on any atom is -0.480 e. The molecule has 1 N–H and O–H groups in total. The Morgan fingerprint density at radius 3 is 2.75 bits per heavy atom. The molecular formula is C12H13NO3.